The molecule has 1 aromatic rings. The van der Waals surface area contributed by atoms with E-state index in [1.807, 2.05) is 17.8 Å². The van der Waals surface area contributed by atoms with Gasteiger partial charge in [-0.2, -0.15) is 0 Å². The Morgan fingerprint density at radius 1 is 1.38 bits per heavy atom. The van der Waals surface area contributed by atoms with Crippen molar-refractivity contribution in [3.05, 3.63) is 11.9 Å². The van der Waals surface area contributed by atoms with Gasteiger partial charge in [-0.1, -0.05) is 26.0 Å². The molecule has 120 valence electrons. The molecule has 0 fully saturated rings. The molecule has 0 aromatic carbocycles. The van der Waals surface area contributed by atoms with Crippen LogP contribution in [0.15, 0.2) is 6.20 Å². The van der Waals surface area contributed by atoms with Crippen LogP contribution in [0.5, 0.6) is 0 Å². The molecule has 7 heteroatoms. The second-order valence-electron chi connectivity index (χ2n) is 5.73. The van der Waals surface area contributed by atoms with Gasteiger partial charge in [-0.15, -0.1) is 5.10 Å². The van der Waals surface area contributed by atoms with E-state index >= 15 is 0 Å². The van der Waals surface area contributed by atoms with Crippen molar-refractivity contribution in [3.63, 3.8) is 0 Å². The lowest BCUT2D eigenvalue weighted by atomic mass is 10.1. The predicted molar refractivity (Wildman–Crippen MR) is 88.3 cm³/mol. The molecule has 0 saturated carbocycles. The van der Waals surface area contributed by atoms with Crippen molar-refractivity contribution >= 4 is 17.3 Å². The Kier molecular flexibility index (Phi) is 7.60. The van der Waals surface area contributed by atoms with E-state index in [9.17, 15) is 0 Å². The summed E-state index contributed by atoms with van der Waals surface area (Å²) in [5, 5.41) is 14.9. The maximum Gasteiger partial charge on any atom is 0.166 e. The smallest absolute Gasteiger partial charge is 0.166 e. The Balaban J connectivity index is 2.26. The van der Waals surface area contributed by atoms with Crippen molar-refractivity contribution in [1.29, 1.82) is 0 Å². The lowest BCUT2D eigenvalue weighted by Gasteiger charge is -2.18. The van der Waals surface area contributed by atoms with E-state index in [4.69, 9.17) is 17.0 Å². The third-order valence-corrected chi connectivity index (χ3v) is 3.44. The molecular formula is C14H27N5OS. The van der Waals surface area contributed by atoms with Gasteiger partial charge in [0.15, 0.2) is 5.11 Å². The van der Waals surface area contributed by atoms with Crippen LogP contribution >= 0.6 is 12.2 Å². The van der Waals surface area contributed by atoms with Crippen molar-refractivity contribution in [2.45, 2.75) is 46.3 Å². The maximum absolute atomic E-state index is 5.81. The summed E-state index contributed by atoms with van der Waals surface area (Å²) < 4.78 is 7.70. The monoisotopic (exact) mass is 313 g/mol. The molecule has 1 rings (SSSR count). The van der Waals surface area contributed by atoms with Gasteiger partial charge in [0.05, 0.1) is 18.4 Å². The van der Waals surface area contributed by atoms with Gasteiger partial charge in [0, 0.05) is 26.3 Å². The largest absolute Gasteiger partial charge is 0.376 e. The molecule has 2 atom stereocenters. The molecule has 0 saturated heterocycles. The molecule has 2 unspecified atom stereocenters. The van der Waals surface area contributed by atoms with Gasteiger partial charge in [0.1, 0.15) is 0 Å². The summed E-state index contributed by atoms with van der Waals surface area (Å²) in [6, 6.07) is 0. The topological polar surface area (TPSA) is 64.0 Å². The zero-order valence-electron chi connectivity index (χ0n) is 13.6. The van der Waals surface area contributed by atoms with Gasteiger partial charge in [-0.3, -0.25) is 4.68 Å². The highest BCUT2D eigenvalue weighted by Gasteiger charge is 2.10. The molecule has 0 radical (unpaired) electrons. The van der Waals surface area contributed by atoms with E-state index in [2.05, 4.69) is 41.7 Å². The fourth-order valence-electron chi connectivity index (χ4n) is 1.75. The standard InChI is InChI=1S/C14H27N5OS/c1-10(2)13-8-19(18-17-13)7-11(3)9-20-12(4)6-16-14(21)15-5/h8,10-12H,6-7,9H2,1-5H3,(H2,15,16,21). The summed E-state index contributed by atoms with van der Waals surface area (Å²) in [7, 11) is 1.80. The van der Waals surface area contributed by atoms with Crippen LogP contribution in [0.4, 0.5) is 0 Å². The van der Waals surface area contributed by atoms with Crippen molar-refractivity contribution in [2.24, 2.45) is 5.92 Å². The quantitative estimate of drug-likeness (QED) is 0.710. The summed E-state index contributed by atoms with van der Waals surface area (Å²) >= 11 is 5.02. The third-order valence-electron chi connectivity index (χ3n) is 3.09. The minimum absolute atomic E-state index is 0.112. The van der Waals surface area contributed by atoms with E-state index < -0.39 is 0 Å². The van der Waals surface area contributed by atoms with Crippen LogP contribution in [0, 0.1) is 5.92 Å². The number of rotatable bonds is 8. The third kappa shape index (κ3) is 6.86. The number of nitrogens with one attached hydrogen (secondary N) is 2. The van der Waals surface area contributed by atoms with Crippen LogP contribution in [0.25, 0.3) is 0 Å². The second kappa shape index (κ2) is 8.94. The van der Waals surface area contributed by atoms with Crippen molar-refractivity contribution in [1.82, 2.24) is 25.6 Å². The molecule has 0 aliphatic heterocycles. The summed E-state index contributed by atoms with van der Waals surface area (Å²) in [5.41, 5.74) is 1.03. The number of hydrogen-bond donors (Lipinski definition) is 2. The fourth-order valence-corrected chi connectivity index (χ4v) is 1.83. The molecule has 0 aliphatic rings. The predicted octanol–water partition coefficient (Wildman–Crippen LogP) is 1.54. The second-order valence-corrected chi connectivity index (χ2v) is 6.14. The Labute approximate surface area is 132 Å². The van der Waals surface area contributed by atoms with Gasteiger partial charge in [-0.05, 0) is 31.0 Å². The van der Waals surface area contributed by atoms with Crippen LogP contribution in [0.2, 0.25) is 0 Å². The molecule has 1 aromatic heterocycles. The van der Waals surface area contributed by atoms with Gasteiger partial charge in [-0.25, -0.2) is 0 Å². The number of aromatic nitrogens is 3. The zero-order chi connectivity index (χ0) is 15.8. The SMILES string of the molecule is CNC(=S)NCC(C)OCC(C)Cn1cc(C(C)C)nn1. The number of hydrogen-bond acceptors (Lipinski definition) is 4. The first kappa shape index (κ1) is 17.8. The normalized spacial score (nSPS) is 14.0. The minimum atomic E-state index is 0.112. The lowest BCUT2D eigenvalue weighted by molar-refractivity contribution is 0.0421. The fraction of sp³-hybridized carbons (Fsp3) is 0.786. The highest BCUT2D eigenvalue weighted by molar-refractivity contribution is 7.80. The zero-order valence-corrected chi connectivity index (χ0v) is 14.4. The van der Waals surface area contributed by atoms with Gasteiger partial charge < -0.3 is 15.4 Å². The first-order valence-electron chi connectivity index (χ1n) is 7.39. The molecule has 0 spiro atoms. The first-order chi connectivity index (χ1) is 9.92. The number of nitrogens with zero attached hydrogens (tertiary/aromatic N) is 3. The molecule has 0 bridgehead atoms. The number of thiocarbonyl (C=S) groups is 1. The molecule has 2 N–H and O–H groups in total. The van der Waals surface area contributed by atoms with Crippen molar-refractivity contribution in [3.8, 4) is 0 Å². The maximum atomic E-state index is 5.81. The molecule has 1 heterocycles. The first-order valence-corrected chi connectivity index (χ1v) is 7.80. The van der Waals surface area contributed by atoms with E-state index in [-0.39, 0.29) is 6.10 Å². The van der Waals surface area contributed by atoms with E-state index in [0.717, 1.165) is 12.2 Å². The molecule has 0 amide bonds. The van der Waals surface area contributed by atoms with Crippen LogP contribution in [0.3, 0.4) is 0 Å². The Morgan fingerprint density at radius 3 is 2.67 bits per heavy atom. The van der Waals surface area contributed by atoms with Crippen LogP contribution < -0.4 is 10.6 Å². The Morgan fingerprint density at radius 2 is 2.10 bits per heavy atom. The van der Waals surface area contributed by atoms with Gasteiger partial charge in [0.2, 0.25) is 0 Å². The molecule has 0 aliphatic carbocycles. The van der Waals surface area contributed by atoms with Crippen LogP contribution in [-0.4, -0.2) is 46.4 Å². The molecule has 21 heavy (non-hydrogen) atoms. The van der Waals surface area contributed by atoms with Gasteiger partial charge in [0.25, 0.3) is 0 Å². The minimum Gasteiger partial charge on any atom is -0.376 e. The summed E-state index contributed by atoms with van der Waals surface area (Å²) in [4.78, 5) is 0. The van der Waals surface area contributed by atoms with Crippen LogP contribution in [-0.2, 0) is 11.3 Å². The highest BCUT2D eigenvalue weighted by Crippen LogP contribution is 2.10. The van der Waals surface area contributed by atoms with E-state index in [0.29, 0.717) is 30.1 Å². The molecule has 6 nitrogen and oxygen atoms in total. The average molecular weight is 313 g/mol. The Hall–Kier alpha value is -1.21. The summed E-state index contributed by atoms with van der Waals surface area (Å²) in [6.07, 6.45) is 2.12. The summed E-state index contributed by atoms with van der Waals surface area (Å²) in [6.45, 7) is 10.6. The van der Waals surface area contributed by atoms with Crippen molar-refractivity contribution < 1.29 is 4.74 Å². The van der Waals surface area contributed by atoms with Crippen LogP contribution in [0.1, 0.15) is 39.3 Å². The molecular weight excluding hydrogens is 286 g/mol. The Bertz CT molecular complexity index is 435. The van der Waals surface area contributed by atoms with E-state index in [1.54, 1.807) is 7.05 Å². The average Bonchev–Trinajstić information content (AvgIpc) is 2.91. The van der Waals surface area contributed by atoms with Crippen molar-refractivity contribution in [2.75, 3.05) is 20.2 Å². The number of ether oxygens (including phenoxy) is 1. The van der Waals surface area contributed by atoms with E-state index in [1.165, 1.54) is 0 Å². The van der Waals surface area contributed by atoms with Gasteiger partial charge >= 0.3 is 0 Å². The summed E-state index contributed by atoms with van der Waals surface area (Å²) in [5.74, 6) is 0.790. The highest BCUT2D eigenvalue weighted by atomic mass is 32.1. The lowest BCUT2D eigenvalue weighted by Crippen LogP contribution is -2.38.